The molecule has 6 heteroatoms. The van der Waals surface area contributed by atoms with Crippen molar-refractivity contribution in [3.05, 3.63) is 20.8 Å². The van der Waals surface area contributed by atoms with Gasteiger partial charge in [0.1, 0.15) is 0 Å². The van der Waals surface area contributed by atoms with Gasteiger partial charge in [-0.05, 0) is 41.2 Å². The molecule has 1 N–H and O–H groups in total. The summed E-state index contributed by atoms with van der Waals surface area (Å²) in [6.45, 7) is 3.22. The van der Waals surface area contributed by atoms with Crippen LogP contribution in [0.4, 0.5) is 0 Å². The molecule has 0 amide bonds. The molecule has 0 fully saturated rings. The lowest BCUT2D eigenvalue weighted by atomic mass is 9.86. The van der Waals surface area contributed by atoms with E-state index in [2.05, 4.69) is 15.9 Å². The van der Waals surface area contributed by atoms with Crippen LogP contribution in [0.15, 0.2) is 15.9 Å². The molecule has 0 bridgehead atoms. The van der Waals surface area contributed by atoms with Gasteiger partial charge in [0.25, 0.3) is 0 Å². The average molecular weight is 321 g/mol. The number of ether oxygens (including phenoxy) is 1. The summed E-state index contributed by atoms with van der Waals surface area (Å²) in [6, 6.07) is 1.83. The van der Waals surface area contributed by atoms with Crippen LogP contribution in [0.2, 0.25) is 0 Å². The average Bonchev–Trinajstić information content (AvgIpc) is 2.64. The third-order valence-corrected chi connectivity index (χ3v) is 4.33. The topological polar surface area (TPSA) is 63.6 Å². The molecular formula is C11H13BrO4S. The largest absolute Gasteiger partial charge is 0.480 e. The van der Waals surface area contributed by atoms with Gasteiger partial charge in [-0.25, -0.2) is 0 Å². The van der Waals surface area contributed by atoms with Gasteiger partial charge in [0.05, 0.1) is 6.61 Å². The van der Waals surface area contributed by atoms with Crippen LogP contribution < -0.4 is 0 Å². The van der Waals surface area contributed by atoms with Gasteiger partial charge in [-0.2, -0.15) is 0 Å². The van der Waals surface area contributed by atoms with E-state index in [1.54, 1.807) is 6.92 Å². The standard InChI is InChI=1S/C11H13BrO4S/c1-3-16-10(15)11(2,9(13)14)6-8-7(12)4-5-17-8/h4-5H,3,6H2,1-2H3,(H,13,14). The van der Waals surface area contributed by atoms with Crippen molar-refractivity contribution in [2.45, 2.75) is 20.3 Å². The highest BCUT2D eigenvalue weighted by molar-refractivity contribution is 9.10. The first-order chi connectivity index (χ1) is 7.91. The molecule has 0 aliphatic heterocycles. The zero-order chi connectivity index (χ0) is 13.1. The van der Waals surface area contributed by atoms with Crippen LogP contribution in [0, 0.1) is 5.41 Å². The second kappa shape index (κ2) is 5.64. The number of aliphatic carboxylic acids is 1. The van der Waals surface area contributed by atoms with Gasteiger partial charge in [0, 0.05) is 15.8 Å². The van der Waals surface area contributed by atoms with Crippen molar-refractivity contribution in [1.29, 1.82) is 0 Å². The van der Waals surface area contributed by atoms with Crippen LogP contribution in [-0.4, -0.2) is 23.7 Å². The van der Waals surface area contributed by atoms with Crippen LogP contribution in [0.1, 0.15) is 18.7 Å². The maximum Gasteiger partial charge on any atom is 0.323 e. The first-order valence-corrected chi connectivity index (χ1v) is 6.71. The van der Waals surface area contributed by atoms with Gasteiger partial charge >= 0.3 is 11.9 Å². The van der Waals surface area contributed by atoms with E-state index in [9.17, 15) is 14.7 Å². The van der Waals surface area contributed by atoms with Gasteiger partial charge in [0.15, 0.2) is 5.41 Å². The number of carboxylic acids is 1. The summed E-state index contributed by atoms with van der Waals surface area (Å²) in [5, 5.41) is 11.0. The van der Waals surface area contributed by atoms with Crippen LogP contribution >= 0.6 is 27.3 Å². The second-order valence-electron chi connectivity index (χ2n) is 3.73. The van der Waals surface area contributed by atoms with Crippen molar-refractivity contribution in [1.82, 2.24) is 0 Å². The quantitative estimate of drug-likeness (QED) is 0.669. The maximum atomic E-state index is 11.7. The summed E-state index contributed by atoms with van der Waals surface area (Å²) in [7, 11) is 0. The van der Waals surface area contributed by atoms with Gasteiger partial charge < -0.3 is 9.84 Å². The lowest BCUT2D eigenvalue weighted by molar-refractivity contribution is -0.167. The molecule has 1 atom stereocenters. The molecule has 1 heterocycles. The van der Waals surface area contributed by atoms with E-state index in [4.69, 9.17) is 4.74 Å². The normalized spacial score (nSPS) is 14.1. The van der Waals surface area contributed by atoms with Crippen LogP contribution in [-0.2, 0) is 20.7 Å². The number of carbonyl (C=O) groups excluding carboxylic acids is 1. The van der Waals surface area contributed by atoms with Crippen molar-refractivity contribution >= 4 is 39.2 Å². The number of hydrogen-bond acceptors (Lipinski definition) is 4. The predicted octanol–water partition coefficient (Wildman–Crippen LogP) is 2.71. The van der Waals surface area contributed by atoms with Gasteiger partial charge in [-0.1, -0.05) is 0 Å². The Labute approximate surface area is 112 Å². The molecule has 1 rings (SSSR count). The fraction of sp³-hybridized carbons (Fsp3) is 0.455. The van der Waals surface area contributed by atoms with Crippen molar-refractivity contribution in [2.75, 3.05) is 6.61 Å². The van der Waals surface area contributed by atoms with Crippen molar-refractivity contribution in [3.8, 4) is 0 Å². The Bertz CT molecular complexity index is 429. The SMILES string of the molecule is CCOC(=O)C(C)(Cc1sccc1Br)C(=O)O. The smallest absolute Gasteiger partial charge is 0.323 e. The summed E-state index contributed by atoms with van der Waals surface area (Å²) in [5.41, 5.74) is -1.54. The van der Waals surface area contributed by atoms with Crippen molar-refractivity contribution in [2.24, 2.45) is 5.41 Å². The van der Waals surface area contributed by atoms with E-state index in [1.165, 1.54) is 18.3 Å². The molecule has 0 saturated heterocycles. The molecule has 1 unspecified atom stereocenters. The maximum absolute atomic E-state index is 11.7. The summed E-state index contributed by atoms with van der Waals surface area (Å²) in [4.78, 5) is 23.8. The Hall–Kier alpha value is -0.880. The minimum Gasteiger partial charge on any atom is -0.480 e. The number of rotatable bonds is 5. The molecule has 0 aliphatic carbocycles. The van der Waals surface area contributed by atoms with Gasteiger partial charge in [0.2, 0.25) is 0 Å². The second-order valence-corrected chi connectivity index (χ2v) is 5.58. The van der Waals surface area contributed by atoms with E-state index in [0.717, 1.165) is 9.35 Å². The molecular weight excluding hydrogens is 308 g/mol. The highest BCUT2D eigenvalue weighted by Crippen LogP contribution is 2.32. The number of thiophene rings is 1. The van der Waals surface area contributed by atoms with E-state index in [0.29, 0.717) is 0 Å². The third kappa shape index (κ3) is 3.07. The van der Waals surface area contributed by atoms with Gasteiger partial charge in [-0.3, -0.25) is 9.59 Å². The Morgan fingerprint density at radius 2 is 2.24 bits per heavy atom. The highest BCUT2D eigenvalue weighted by Gasteiger charge is 2.43. The van der Waals surface area contributed by atoms with Crippen LogP contribution in [0.5, 0.6) is 0 Å². The monoisotopic (exact) mass is 320 g/mol. The number of carboxylic acid groups (broad SMARTS) is 1. The highest BCUT2D eigenvalue weighted by atomic mass is 79.9. The van der Waals surface area contributed by atoms with Crippen LogP contribution in [0.25, 0.3) is 0 Å². The molecule has 1 aromatic heterocycles. The van der Waals surface area contributed by atoms with E-state index >= 15 is 0 Å². The number of esters is 1. The lowest BCUT2D eigenvalue weighted by Crippen LogP contribution is -2.39. The molecule has 0 radical (unpaired) electrons. The molecule has 1 aromatic rings. The lowest BCUT2D eigenvalue weighted by Gasteiger charge is -2.21. The predicted molar refractivity (Wildman–Crippen MR) is 68.1 cm³/mol. The van der Waals surface area contributed by atoms with E-state index in [-0.39, 0.29) is 13.0 Å². The van der Waals surface area contributed by atoms with Crippen molar-refractivity contribution < 1.29 is 19.4 Å². The van der Waals surface area contributed by atoms with E-state index < -0.39 is 17.4 Å². The zero-order valence-corrected chi connectivity index (χ0v) is 11.9. The fourth-order valence-corrected chi connectivity index (χ4v) is 2.95. The first-order valence-electron chi connectivity index (χ1n) is 5.04. The number of carbonyl (C=O) groups is 2. The Kier molecular flexibility index (Phi) is 4.70. The summed E-state index contributed by atoms with van der Waals surface area (Å²) >= 11 is 4.73. The van der Waals surface area contributed by atoms with E-state index in [1.807, 2.05) is 11.4 Å². The Morgan fingerprint density at radius 1 is 1.59 bits per heavy atom. The summed E-state index contributed by atoms with van der Waals surface area (Å²) in [5.74, 6) is -1.87. The fourth-order valence-electron chi connectivity index (χ4n) is 1.30. The zero-order valence-electron chi connectivity index (χ0n) is 9.53. The molecule has 0 saturated carbocycles. The van der Waals surface area contributed by atoms with Crippen LogP contribution in [0.3, 0.4) is 0 Å². The van der Waals surface area contributed by atoms with Gasteiger partial charge in [-0.15, -0.1) is 11.3 Å². The number of hydrogen-bond donors (Lipinski definition) is 1. The summed E-state index contributed by atoms with van der Waals surface area (Å²) in [6.07, 6.45) is 0.124. The minimum atomic E-state index is -1.54. The number of halogens is 1. The van der Waals surface area contributed by atoms with Crippen molar-refractivity contribution in [3.63, 3.8) is 0 Å². The Balaban J connectivity index is 2.97. The molecule has 17 heavy (non-hydrogen) atoms. The summed E-state index contributed by atoms with van der Waals surface area (Å²) < 4.78 is 5.65. The first kappa shape index (κ1) is 14.2. The Morgan fingerprint density at radius 3 is 2.65 bits per heavy atom. The third-order valence-electron chi connectivity index (χ3n) is 2.40. The molecule has 94 valence electrons. The molecule has 0 aliphatic rings. The molecule has 4 nitrogen and oxygen atoms in total. The minimum absolute atomic E-state index is 0.124. The molecule has 0 aromatic carbocycles. The molecule has 0 spiro atoms.